The second-order valence-electron chi connectivity index (χ2n) is 6.46. The number of carbonyl (C=O) groups excluding carboxylic acids is 1. The van der Waals surface area contributed by atoms with Crippen molar-refractivity contribution in [2.45, 2.75) is 38.0 Å². The number of hydrogen-bond acceptors (Lipinski definition) is 3. The molecule has 1 saturated carbocycles. The molecular weight excluding hydrogens is 319 g/mol. The highest BCUT2D eigenvalue weighted by Crippen LogP contribution is 2.39. The summed E-state index contributed by atoms with van der Waals surface area (Å²) in [5.41, 5.74) is -1.48. The van der Waals surface area contributed by atoms with Crippen LogP contribution in [-0.4, -0.2) is 29.9 Å². The number of carbonyl (C=O) groups is 1. The molecule has 0 saturated heterocycles. The number of hydrogen-bond donors (Lipinski definition) is 1. The number of amides is 1. The Kier molecular flexibility index (Phi) is 5.19. The van der Waals surface area contributed by atoms with Gasteiger partial charge >= 0.3 is 6.18 Å². The van der Waals surface area contributed by atoms with E-state index in [1.807, 2.05) is 0 Å². The van der Waals surface area contributed by atoms with E-state index in [0.717, 1.165) is 18.9 Å². The van der Waals surface area contributed by atoms with Crippen molar-refractivity contribution >= 4 is 5.91 Å². The monoisotopic (exact) mass is 339 g/mol. The van der Waals surface area contributed by atoms with Gasteiger partial charge < -0.3 is 5.32 Å². The number of nitrogens with zero attached hydrogens (tertiary/aromatic N) is 2. The fraction of sp³-hybridized carbons (Fsp3) is 0.529. The van der Waals surface area contributed by atoms with Crippen LogP contribution in [-0.2, 0) is 17.5 Å². The predicted octanol–water partition coefficient (Wildman–Crippen LogP) is 2.95. The van der Waals surface area contributed by atoms with Crippen molar-refractivity contribution in [2.24, 2.45) is 5.92 Å². The van der Waals surface area contributed by atoms with Crippen molar-refractivity contribution in [2.75, 3.05) is 13.6 Å². The van der Waals surface area contributed by atoms with E-state index < -0.39 is 17.3 Å². The Balaban J connectivity index is 1.98. The average Bonchev–Trinajstić information content (AvgIpc) is 3.31. The van der Waals surface area contributed by atoms with Crippen molar-refractivity contribution < 1.29 is 18.0 Å². The molecule has 4 nitrogen and oxygen atoms in total. The first-order valence-electron chi connectivity index (χ1n) is 7.71. The second-order valence-corrected chi connectivity index (χ2v) is 6.46. The summed E-state index contributed by atoms with van der Waals surface area (Å²) in [7, 11) is 1.58. The Morgan fingerprint density at radius 2 is 2.00 bits per heavy atom. The third-order valence-electron chi connectivity index (χ3n) is 4.20. The van der Waals surface area contributed by atoms with Gasteiger partial charge in [0.1, 0.15) is 5.54 Å². The predicted molar refractivity (Wildman–Crippen MR) is 82.7 cm³/mol. The van der Waals surface area contributed by atoms with Gasteiger partial charge in [-0.25, -0.2) is 0 Å². The Morgan fingerprint density at radius 3 is 2.54 bits per heavy atom. The van der Waals surface area contributed by atoms with Crippen LogP contribution >= 0.6 is 0 Å². The van der Waals surface area contributed by atoms with Crippen LogP contribution in [0, 0.1) is 17.2 Å². The maximum absolute atomic E-state index is 13.0. The lowest BCUT2D eigenvalue weighted by molar-refractivity contribution is -0.138. The van der Waals surface area contributed by atoms with E-state index in [0.29, 0.717) is 0 Å². The Bertz CT molecular complexity index is 649. The molecule has 1 aromatic carbocycles. The lowest BCUT2D eigenvalue weighted by Crippen LogP contribution is -2.49. The van der Waals surface area contributed by atoms with Gasteiger partial charge in [0.2, 0.25) is 5.91 Å². The summed E-state index contributed by atoms with van der Waals surface area (Å²) in [5, 5.41) is 11.9. The molecule has 0 spiro atoms. The van der Waals surface area contributed by atoms with Crippen molar-refractivity contribution in [1.82, 2.24) is 10.2 Å². The van der Waals surface area contributed by atoms with Crippen LogP contribution in [0.2, 0.25) is 0 Å². The van der Waals surface area contributed by atoms with E-state index >= 15 is 0 Å². The minimum Gasteiger partial charge on any atom is -0.337 e. The van der Waals surface area contributed by atoms with Crippen molar-refractivity contribution in [1.29, 1.82) is 5.26 Å². The summed E-state index contributed by atoms with van der Waals surface area (Å²) in [4.78, 5) is 13.6. The quantitative estimate of drug-likeness (QED) is 0.867. The molecule has 24 heavy (non-hydrogen) atoms. The highest BCUT2D eigenvalue weighted by Gasteiger charge is 2.43. The number of halogens is 3. The van der Waals surface area contributed by atoms with E-state index in [1.165, 1.54) is 17.0 Å². The third-order valence-corrected chi connectivity index (χ3v) is 4.20. The first-order valence-corrected chi connectivity index (χ1v) is 7.71. The molecular formula is C17H20F3N3O. The molecule has 1 N–H and O–H groups in total. The minimum atomic E-state index is -4.43. The molecule has 0 heterocycles. The lowest BCUT2D eigenvalue weighted by atomic mass is 9.98. The van der Waals surface area contributed by atoms with Crippen LogP contribution in [0.4, 0.5) is 13.2 Å². The van der Waals surface area contributed by atoms with Crippen LogP contribution in [0.1, 0.15) is 30.9 Å². The molecule has 0 radical (unpaired) electrons. The Morgan fingerprint density at radius 1 is 1.38 bits per heavy atom. The largest absolute Gasteiger partial charge is 0.416 e. The van der Waals surface area contributed by atoms with E-state index in [2.05, 4.69) is 11.4 Å². The molecule has 130 valence electrons. The summed E-state index contributed by atoms with van der Waals surface area (Å²) in [5.74, 6) is -0.208. The topological polar surface area (TPSA) is 56.1 Å². The minimum absolute atomic E-state index is 0.00417. The fourth-order valence-electron chi connectivity index (χ4n) is 2.74. The van der Waals surface area contributed by atoms with Gasteiger partial charge in [0.05, 0.1) is 18.2 Å². The zero-order valence-electron chi connectivity index (χ0n) is 13.7. The lowest BCUT2D eigenvalue weighted by Gasteiger charge is -2.25. The molecule has 1 aliphatic rings. The van der Waals surface area contributed by atoms with Crippen LogP contribution < -0.4 is 5.32 Å². The van der Waals surface area contributed by atoms with Crippen LogP contribution in [0.15, 0.2) is 24.3 Å². The molecule has 1 aliphatic carbocycles. The molecule has 1 aromatic rings. The normalized spacial score (nSPS) is 17.2. The number of nitrogens with one attached hydrogen (secondary N) is 1. The molecule has 1 atom stereocenters. The van der Waals surface area contributed by atoms with Gasteiger partial charge in [-0.3, -0.25) is 9.69 Å². The zero-order chi connectivity index (χ0) is 18.0. The average molecular weight is 339 g/mol. The van der Waals surface area contributed by atoms with E-state index in [1.54, 1.807) is 20.0 Å². The van der Waals surface area contributed by atoms with Gasteiger partial charge in [0.25, 0.3) is 0 Å². The molecule has 0 aromatic heterocycles. The number of nitriles is 1. The van der Waals surface area contributed by atoms with Crippen molar-refractivity contribution in [3.05, 3.63) is 35.4 Å². The fourth-order valence-corrected chi connectivity index (χ4v) is 2.74. The maximum Gasteiger partial charge on any atom is 0.416 e. The smallest absolute Gasteiger partial charge is 0.337 e. The maximum atomic E-state index is 13.0. The van der Waals surface area contributed by atoms with Crippen molar-refractivity contribution in [3.63, 3.8) is 0 Å². The molecule has 2 rings (SSSR count). The number of benzene rings is 1. The van der Waals surface area contributed by atoms with Gasteiger partial charge in [-0.2, -0.15) is 18.4 Å². The molecule has 1 unspecified atom stereocenters. The molecule has 7 heteroatoms. The SMILES string of the molecule is CN(CC(=O)NC(C)(C#N)C1CC1)Cc1ccccc1C(F)(F)F. The summed E-state index contributed by atoms with van der Waals surface area (Å²) in [6, 6.07) is 7.44. The molecule has 0 bridgehead atoms. The van der Waals surface area contributed by atoms with E-state index in [9.17, 15) is 23.2 Å². The first-order chi connectivity index (χ1) is 11.2. The summed E-state index contributed by atoms with van der Waals surface area (Å²) in [6.45, 7) is 1.60. The highest BCUT2D eigenvalue weighted by atomic mass is 19.4. The number of rotatable bonds is 6. The summed E-state index contributed by atoms with van der Waals surface area (Å²) >= 11 is 0. The standard InChI is InChI=1S/C17H20F3N3O/c1-16(11-21,13-7-8-13)22-15(24)10-23(2)9-12-5-3-4-6-14(12)17(18,19)20/h3-6,13H,7-10H2,1-2H3,(H,22,24). The Hall–Kier alpha value is -2.07. The molecule has 0 aliphatic heterocycles. The number of likely N-dealkylation sites (N-methyl/N-ethyl adjacent to an activating group) is 1. The van der Waals surface area contributed by atoms with Crippen LogP contribution in [0.3, 0.4) is 0 Å². The van der Waals surface area contributed by atoms with Gasteiger partial charge in [-0.15, -0.1) is 0 Å². The van der Waals surface area contributed by atoms with Crippen LogP contribution in [0.5, 0.6) is 0 Å². The zero-order valence-corrected chi connectivity index (χ0v) is 13.7. The molecule has 1 fully saturated rings. The van der Waals surface area contributed by atoms with E-state index in [4.69, 9.17) is 0 Å². The summed E-state index contributed by atoms with van der Waals surface area (Å²) in [6.07, 6.45) is -2.62. The van der Waals surface area contributed by atoms with Crippen LogP contribution in [0.25, 0.3) is 0 Å². The van der Waals surface area contributed by atoms with Gasteiger partial charge in [0.15, 0.2) is 0 Å². The molecule has 1 amide bonds. The number of alkyl halides is 3. The van der Waals surface area contributed by atoms with Gasteiger partial charge in [-0.05, 0) is 44.4 Å². The third kappa shape index (κ3) is 4.48. The second kappa shape index (κ2) is 6.81. The summed E-state index contributed by atoms with van der Waals surface area (Å²) < 4.78 is 39.0. The van der Waals surface area contributed by atoms with E-state index in [-0.39, 0.29) is 30.5 Å². The van der Waals surface area contributed by atoms with Gasteiger partial charge in [0, 0.05) is 6.54 Å². The first kappa shape index (κ1) is 18.3. The van der Waals surface area contributed by atoms with Gasteiger partial charge in [-0.1, -0.05) is 18.2 Å². The highest BCUT2D eigenvalue weighted by molar-refractivity contribution is 5.79. The van der Waals surface area contributed by atoms with Crippen molar-refractivity contribution in [3.8, 4) is 6.07 Å². The Labute approximate surface area is 139 Å².